The van der Waals surface area contributed by atoms with Crippen molar-refractivity contribution in [1.82, 2.24) is 5.32 Å². The van der Waals surface area contributed by atoms with E-state index in [1.165, 1.54) is 9.75 Å². The van der Waals surface area contributed by atoms with Crippen LogP contribution in [-0.4, -0.2) is 31.4 Å². The van der Waals surface area contributed by atoms with Crippen molar-refractivity contribution in [3.05, 3.63) is 21.9 Å². The first kappa shape index (κ1) is 14.0. The Morgan fingerprint density at radius 2 is 2.22 bits per heavy atom. The zero-order valence-electron chi connectivity index (χ0n) is 11.5. The van der Waals surface area contributed by atoms with E-state index >= 15 is 0 Å². The molecule has 1 aliphatic heterocycles. The van der Waals surface area contributed by atoms with Gasteiger partial charge in [0.25, 0.3) is 0 Å². The van der Waals surface area contributed by atoms with Crippen LogP contribution in [-0.2, 0) is 22.5 Å². The third-order valence-electron chi connectivity index (χ3n) is 3.02. The topological polar surface area (TPSA) is 30.5 Å². The molecule has 102 valence electrons. The van der Waals surface area contributed by atoms with Gasteiger partial charge in [-0.25, -0.2) is 0 Å². The van der Waals surface area contributed by atoms with Crippen LogP contribution in [0.3, 0.4) is 0 Å². The first-order valence-corrected chi connectivity index (χ1v) is 7.44. The second-order valence-corrected chi connectivity index (χ2v) is 6.62. The van der Waals surface area contributed by atoms with Crippen LogP contribution in [0.5, 0.6) is 0 Å². The van der Waals surface area contributed by atoms with Gasteiger partial charge in [-0.05, 0) is 32.4 Å². The first-order valence-electron chi connectivity index (χ1n) is 6.63. The molecule has 1 aliphatic rings. The predicted octanol–water partition coefficient (Wildman–Crippen LogP) is 2.59. The van der Waals surface area contributed by atoms with Gasteiger partial charge in [0.15, 0.2) is 0 Å². The molecule has 1 aromatic heterocycles. The molecule has 1 fully saturated rings. The van der Waals surface area contributed by atoms with Crippen molar-refractivity contribution < 1.29 is 9.47 Å². The molecule has 18 heavy (non-hydrogen) atoms. The molecule has 0 saturated carbocycles. The SMILES string of the molecule is CCc1ccc(COCC2CNCC(C)(C)O2)s1. The molecule has 4 heteroatoms. The molecule has 0 bridgehead atoms. The molecule has 0 spiro atoms. The van der Waals surface area contributed by atoms with Crippen LogP contribution in [0.4, 0.5) is 0 Å². The highest BCUT2D eigenvalue weighted by atomic mass is 32.1. The van der Waals surface area contributed by atoms with Crippen molar-refractivity contribution in [2.24, 2.45) is 0 Å². The zero-order chi connectivity index (χ0) is 13.0. The number of thiophene rings is 1. The minimum Gasteiger partial charge on any atom is -0.373 e. The summed E-state index contributed by atoms with van der Waals surface area (Å²) in [4.78, 5) is 2.72. The van der Waals surface area contributed by atoms with Crippen LogP contribution >= 0.6 is 11.3 Å². The Hall–Kier alpha value is -0.420. The fourth-order valence-electron chi connectivity index (χ4n) is 2.14. The van der Waals surface area contributed by atoms with E-state index in [9.17, 15) is 0 Å². The Balaban J connectivity index is 1.71. The average Bonchev–Trinajstić information content (AvgIpc) is 2.76. The van der Waals surface area contributed by atoms with Gasteiger partial charge in [0.05, 0.1) is 24.9 Å². The lowest BCUT2D eigenvalue weighted by molar-refractivity contribution is -0.121. The third-order valence-corrected chi connectivity index (χ3v) is 4.23. The van der Waals surface area contributed by atoms with Crippen LogP contribution < -0.4 is 5.32 Å². The van der Waals surface area contributed by atoms with Gasteiger partial charge in [0.1, 0.15) is 0 Å². The predicted molar refractivity (Wildman–Crippen MR) is 75.2 cm³/mol. The maximum Gasteiger partial charge on any atom is 0.0940 e. The number of rotatable bonds is 5. The van der Waals surface area contributed by atoms with Gasteiger partial charge >= 0.3 is 0 Å². The molecule has 3 nitrogen and oxygen atoms in total. The van der Waals surface area contributed by atoms with E-state index < -0.39 is 0 Å². The van der Waals surface area contributed by atoms with E-state index in [0.29, 0.717) is 13.2 Å². The average molecular weight is 269 g/mol. The Bertz CT molecular complexity index is 376. The summed E-state index contributed by atoms with van der Waals surface area (Å²) in [5.41, 5.74) is -0.0788. The second kappa shape index (κ2) is 6.15. The normalized spacial score (nSPS) is 23.2. The molecular formula is C14H23NO2S. The van der Waals surface area contributed by atoms with E-state index in [1.807, 2.05) is 11.3 Å². The number of hydrogen-bond donors (Lipinski definition) is 1. The smallest absolute Gasteiger partial charge is 0.0940 e. The van der Waals surface area contributed by atoms with E-state index in [4.69, 9.17) is 9.47 Å². The monoisotopic (exact) mass is 269 g/mol. The van der Waals surface area contributed by atoms with Crippen molar-refractivity contribution in [2.45, 2.75) is 45.5 Å². The number of nitrogens with one attached hydrogen (secondary N) is 1. The fraction of sp³-hybridized carbons (Fsp3) is 0.714. The molecule has 1 unspecified atom stereocenters. The number of morpholine rings is 1. The molecule has 0 aromatic carbocycles. The Kier molecular flexibility index (Phi) is 4.78. The van der Waals surface area contributed by atoms with Crippen molar-refractivity contribution in [2.75, 3.05) is 19.7 Å². The Labute approximate surface area is 113 Å². The summed E-state index contributed by atoms with van der Waals surface area (Å²) < 4.78 is 11.7. The quantitative estimate of drug-likeness (QED) is 0.891. The largest absolute Gasteiger partial charge is 0.373 e. The van der Waals surface area contributed by atoms with Crippen LogP contribution in [0.2, 0.25) is 0 Å². The standard InChI is InChI=1S/C14H23NO2S/c1-4-12-5-6-13(18-12)9-16-8-11-7-15-10-14(2,3)17-11/h5-6,11,15H,4,7-10H2,1-3H3. The molecule has 1 N–H and O–H groups in total. The first-order chi connectivity index (χ1) is 8.59. The third kappa shape index (κ3) is 4.05. The molecule has 1 atom stereocenters. The molecular weight excluding hydrogens is 246 g/mol. The highest BCUT2D eigenvalue weighted by Crippen LogP contribution is 2.19. The number of ether oxygens (including phenoxy) is 2. The number of hydrogen-bond acceptors (Lipinski definition) is 4. The summed E-state index contributed by atoms with van der Waals surface area (Å²) >= 11 is 1.84. The van der Waals surface area contributed by atoms with Crippen molar-refractivity contribution >= 4 is 11.3 Å². The fourth-order valence-corrected chi connectivity index (χ4v) is 3.04. The number of aryl methyl sites for hydroxylation is 1. The van der Waals surface area contributed by atoms with Crippen molar-refractivity contribution in [1.29, 1.82) is 0 Å². The van der Waals surface area contributed by atoms with Gasteiger partial charge in [-0.2, -0.15) is 0 Å². The van der Waals surface area contributed by atoms with Gasteiger partial charge in [-0.1, -0.05) is 6.92 Å². The molecule has 0 aliphatic carbocycles. The summed E-state index contributed by atoms with van der Waals surface area (Å²) in [7, 11) is 0. The van der Waals surface area contributed by atoms with Gasteiger partial charge in [-0.3, -0.25) is 0 Å². The van der Waals surface area contributed by atoms with Gasteiger partial charge in [0.2, 0.25) is 0 Å². The molecule has 2 heterocycles. The van der Waals surface area contributed by atoms with Gasteiger partial charge in [0, 0.05) is 22.8 Å². The lowest BCUT2D eigenvalue weighted by atomic mass is 10.1. The van der Waals surface area contributed by atoms with Crippen LogP contribution in [0, 0.1) is 0 Å². The Morgan fingerprint density at radius 3 is 2.89 bits per heavy atom. The van der Waals surface area contributed by atoms with Gasteiger partial charge in [-0.15, -0.1) is 11.3 Å². The zero-order valence-corrected chi connectivity index (χ0v) is 12.3. The minimum atomic E-state index is -0.0788. The van der Waals surface area contributed by atoms with Crippen molar-refractivity contribution in [3.8, 4) is 0 Å². The lowest BCUT2D eigenvalue weighted by Gasteiger charge is -2.36. The molecule has 0 amide bonds. The van der Waals surface area contributed by atoms with E-state index in [-0.39, 0.29) is 11.7 Å². The van der Waals surface area contributed by atoms with E-state index in [2.05, 4.69) is 38.2 Å². The van der Waals surface area contributed by atoms with Crippen LogP contribution in [0.25, 0.3) is 0 Å². The molecule has 0 radical (unpaired) electrons. The van der Waals surface area contributed by atoms with Crippen molar-refractivity contribution in [3.63, 3.8) is 0 Å². The highest BCUT2D eigenvalue weighted by molar-refractivity contribution is 7.11. The van der Waals surface area contributed by atoms with Crippen LogP contribution in [0.15, 0.2) is 12.1 Å². The summed E-state index contributed by atoms with van der Waals surface area (Å²) in [6.07, 6.45) is 1.27. The summed E-state index contributed by atoms with van der Waals surface area (Å²) in [5.74, 6) is 0. The molecule has 1 aromatic rings. The maximum absolute atomic E-state index is 5.95. The second-order valence-electron chi connectivity index (χ2n) is 5.37. The van der Waals surface area contributed by atoms with Crippen LogP contribution in [0.1, 0.15) is 30.5 Å². The summed E-state index contributed by atoms with van der Waals surface area (Å²) in [5, 5.41) is 3.38. The maximum atomic E-state index is 5.95. The highest BCUT2D eigenvalue weighted by Gasteiger charge is 2.28. The van der Waals surface area contributed by atoms with Gasteiger partial charge < -0.3 is 14.8 Å². The molecule has 2 rings (SSSR count). The summed E-state index contributed by atoms with van der Waals surface area (Å²) in [6.45, 7) is 9.56. The van der Waals surface area contributed by atoms with E-state index in [1.54, 1.807) is 0 Å². The lowest BCUT2D eigenvalue weighted by Crippen LogP contribution is -2.51. The minimum absolute atomic E-state index is 0.0788. The molecule has 1 saturated heterocycles. The van der Waals surface area contributed by atoms with E-state index in [0.717, 1.165) is 19.5 Å². The summed E-state index contributed by atoms with van der Waals surface area (Å²) in [6, 6.07) is 4.35. The Morgan fingerprint density at radius 1 is 1.44 bits per heavy atom.